The van der Waals surface area contributed by atoms with E-state index in [1.54, 1.807) is 4.90 Å². The minimum Gasteiger partial charge on any atom is -0.391 e. The molecule has 4 nitrogen and oxygen atoms in total. The first-order valence-electron chi connectivity index (χ1n) is 5.20. The van der Waals surface area contributed by atoms with Gasteiger partial charge in [-0.25, -0.2) is 0 Å². The van der Waals surface area contributed by atoms with Crippen LogP contribution in [0.3, 0.4) is 0 Å². The smallest absolute Gasteiger partial charge is 0.223 e. The molecular formula is C10H20N2O2. The lowest BCUT2D eigenvalue weighted by Gasteiger charge is -2.30. The summed E-state index contributed by atoms with van der Waals surface area (Å²) < 4.78 is 0. The number of piperidine rings is 1. The van der Waals surface area contributed by atoms with E-state index in [0.29, 0.717) is 13.0 Å². The second kappa shape index (κ2) is 5.32. The lowest BCUT2D eigenvalue weighted by Crippen LogP contribution is -2.42. The molecule has 1 fully saturated rings. The van der Waals surface area contributed by atoms with Crippen LogP contribution in [-0.4, -0.2) is 60.6 Å². The largest absolute Gasteiger partial charge is 0.391 e. The van der Waals surface area contributed by atoms with Crippen molar-refractivity contribution in [2.75, 3.05) is 33.7 Å². The summed E-state index contributed by atoms with van der Waals surface area (Å²) in [6.07, 6.45) is 2.00. The SMILES string of the molecule is CN(C)CCC(=O)N1CCC[C@H](O)C1. The second-order valence-electron chi connectivity index (χ2n) is 4.19. The summed E-state index contributed by atoms with van der Waals surface area (Å²) in [4.78, 5) is 15.4. The van der Waals surface area contributed by atoms with E-state index in [9.17, 15) is 9.90 Å². The van der Waals surface area contributed by atoms with E-state index in [4.69, 9.17) is 0 Å². The number of aliphatic hydroxyl groups excluding tert-OH is 1. The molecule has 82 valence electrons. The maximum absolute atomic E-state index is 11.6. The van der Waals surface area contributed by atoms with Gasteiger partial charge in [0.25, 0.3) is 0 Å². The van der Waals surface area contributed by atoms with Crippen LogP contribution in [0.1, 0.15) is 19.3 Å². The van der Waals surface area contributed by atoms with Gasteiger partial charge in [-0.1, -0.05) is 0 Å². The van der Waals surface area contributed by atoms with Crippen LogP contribution in [0.25, 0.3) is 0 Å². The topological polar surface area (TPSA) is 43.8 Å². The molecule has 0 aromatic rings. The summed E-state index contributed by atoms with van der Waals surface area (Å²) in [6.45, 7) is 2.11. The Hall–Kier alpha value is -0.610. The summed E-state index contributed by atoms with van der Waals surface area (Å²) in [7, 11) is 3.91. The minimum atomic E-state index is -0.313. The number of hydrogen-bond acceptors (Lipinski definition) is 3. The van der Waals surface area contributed by atoms with E-state index >= 15 is 0 Å². The molecule has 0 unspecified atom stereocenters. The van der Waals surface area contributed by atoms with Gasteiger partial charge in [0.1, 0.15) is 0 Å². The highest BCUT2D eigenvalue weighted by Crippen LogP contribution is 2.10. The first-order valence-corrected chi connectivity index (χ1v) is 5.20. The van der Waals surface area contributed by atoms with Gasteiger partial charge in [0, 0.05) is 26.1 Å². The van der Waals surface area contributed by atoms with Gasteiger partial charge < -0.3 is 14.9 Å². The first kappa shape index (κ1) is 11.5. The van der Waals surface area contributed by atoms with E-state index < -0.39 is 0 Å². The number of carbonyl (C=O) groups is 1. The molecule has 0 radical (unpaired) electrons. The molecule has 1 saturated heterocycles. The zero-order valence-electron chi connectivity index (χ0n) is 9.07. The van der Waals surface area contributed by atoms with Gasteiger partial charge in [0.15, 0.2) is 0 Å². The number of nitrogens with zero attached hydrogens (tertiary/aromatic N) is 2. The van der Waals surface area contributed by atoms with Crippen molar-refractivity contribution in [1.29, 1.82) is 0 Å². The predicted octanol–water partition coefficient (Wildman–Crippen LogP) is -0.0786. The molecule has 0 saturated carbocycles. The van der Waals surface area contributed by atoms with Crippen molar-refractivity contribution in [1.82, 2.24) is 9.80 Å². The molecule has 1 atom stereocenters. The third kappa shape index (κ3) is 3.64. The molecule has 1 N–H and O–H groups in total. The zero-order valence-corrected chi connectivity index (χ0v) is 9.07. The van der Waals surface area contributed by atoms with Gasteiger partial charge in [0.05, 0.1) is 6.10 Å². The fourth-order valence-electron chi connectivity index (χ4n) is 1.66. The highest BCUT2D eigenvalue weighted by Gasteiger charge is 2.21. The standard InChI is InChI=1S/C10H20N2O2/c1-11(2)7-5-10(14)12-6-3-4-9(13)8-12/h9,13H,3-8H2,1-2H3/t9-/m0/s1. The highest BCUT2D eigenvalue weighted by atomic mass is 16.3. The van der Waals surface area contributed by atoms with Gasteiger partial charge in [0.2, 0.25) is 5.91 Å². The van der Waals surface area contributed by atoms with E-state index in [0.717, 1.165) is 25.9 Å². The van der Waals surface area contributed by atoms with Crippen molar-refractivity contribution in [3.8, 4) is 0 Å². The van der Waals surface area contributed by atoms with Gasteiger partial charge in [-0.2, -0.15) is 0 Å². The number of amides is 1. The van der Waals surface area contributed by atoms with E-state index in [1.165, 1.54) is 0 Å². The Morgan fingerprint density at radius 1 is 1.57 bits per heavy atom. The van der Waals surface area contributed by atoms with Crippen LogP contribution in [0, 0.1) is 0 Å². The number of hydrogen-bond donors (Lipinski definition) is 1. The van der Waals surface area contributed by atoms with E-state index in [-0.39, 0.29) is 12.0 Å². The third-order valence-electron chi connectivity index (χ3n) is 2.52. The fraction of sp³-hybridized carbons (Fsp3) is 0.900. The average molecular weight is 200 g/mol. The van der Waals surface area contributed by atoms with Gasteiger partial charge in [-0.3, -0.25) is 4.79 Å². The van der Waals surface area contributed by atoms with Gasteiger partial charge in [-0.15, -0.1) is 0 Å². The average Bonchev–Trinajstić information content (AvgIpc) is 2.14. The third-order valence-corrected chi connectivity index (χ3v) is 2.52. The minimum absolute atomic E-state index is 0.164. The fourth-order valence-corrected chi connectivity index (χ4v) is 1.66. The normalized spacial score (nSPS) is 22.9. The van der Waals surface area contributed by atoms with E-state index in [1.807, 2.05) is 19.0 Å². The lowest BCUT2D eigenvalue weighted by atomic mass is 10.1. The Balaban J connectivity index is 2.29. The lowest BCUT2D eigenvalue weighted by molar-refractivity contribution is -0.134. The molecule has 1 aliphatic heterocycles. The molecule has 1 rings (SSSR count). The summed E-state index contributed by atoms with van der Waals surface area (Å²) in [5.41, 5.74) is 0. The Morgan fingerprint density at radius 3 is 2.86 bits per heavy atom. The Labute approximate surface area is 85.5 Å². The molecule has 0 aliphatic carbocycles. The summed E-state index contributed by atoms with van der Waals surface area (Å²) in [5.74, 6) is 0.164. The predicted molar refractivity (Wildman–Crippen MR) is 55.0 cm³/mol. The van der Waals surface area contributed by atoms with Crippen LogP contribution in [0.2, 0.25) is 0 Å². The van der Waals surface area contributed by atoms with Crippen molar-refractivity contribution >= 4 is 5.91 Å². The number of likely N-dealkylation sites (tertiary alicyclic amines) is 1. The molecule has 14 heavy (non-hydrogen) atoms. The van der Waals surface area contributed by atoms with E-state index in [2.05, 4.69) is 0 Å². The number of β-amino-alcohol motifs (C(OH)–C–C–N with tert-alkyl or cyclic N) is 1. The van der Waals surface area contributed by atoms with Crippen LogP contribution >= 0.6 is 0 Å². The van der Waals surface area contributed by atoms with Crippen LogP contribution in [-0.2, 0) is 4.79 Å². The first-order chi connectivity index (χ1) is 6.59. The zero-order chi connectivity index (χ0) is 10.6. The van der Waals surface area contributed by atoms with Gasteiger partial charge in [-0.05, 0) is 26.9 Å². The molecule has 4 heteroatoms. The van der Waals surface area contributed by atoms with Crippen LogP contribution in [0.5, 0.6) is 0 Å². The van der Waals surface area contributed by atoms with Crippen molar-refractivity contribution in [2.24, 2.45) is 0 Å². The van der Waals surface area contributed by atoms with Crippen molar-refractivity contribution < 1.29 is 9.90 Å². The molecule has 1 heterocycles. The molecular weight excluding hydrogens is 180 g/mol. The van der Waals surface area contributed by atoms with Gasteiger partial charge >= 0.3 is 0 Å². The highest BCUT2D eigenvalue weighted by molar-refractivity contribution is 5.76. The molecule has 1 amide bonds. The molecule has 0 spiro atoms. The van der Waals surface area contributed by atoms with Crippen LogP contribution in [0.15, 0.2) is 0 Å². The summed E-state index contributed by atoms with van der Waals surface area (Å²) in [5, 5.41) is 9.40. The maximum atomic E-state index is 11.6. The summed E-state index contributed by atoms with van der Waals surface area (Å²) in [6, 6.07) is 0. The van der Waals surface area contributed by atoms with Crippen molar-refractivity contribution in [3.05, 3.63) is 0 Å². The Bertz CT molecular complexity index is 195. The Morgan fingerprint density at radius 2 is 2.29 bits per heavy atom. The maximum Gasteiger partial charge on any atom is 0.223 e. The number of rotatable bonds is 3. The quantitative estimate of drug-likeness (QED) is 0.693. The van der Waals surface area contributed by atoms with Crippen LogP contribution in [0.4, 0.5) is 0 Å². The van der Waals surface area contributed by atoms with Crippen molar-refractivity contribution in [3.63, 3.8) is 0 Å². The molecule has 0 bridgehead atoms. The second-order valence-corrected chi connectivity index (χ2v) is 4.19. The number of aliphatic hydroxyl groups is 1. The molecule has 0 aromatic carbocycles. The van der Waals surface area contributed by atoms with Crippen LogP contribution < -0.4 is 0 Å². The Kier molecular flexibility index (Phi) is 4.35. The summed E-state index contributed by atoms with van der Waals surface area (Å²) >= 11 is 0. The molecule has 1 aliphatic rings. The monoisotopic (exact) mass is 200 g/mol. The molecule has 0 aromatic heterocycles. The van der Waals surface area contributed by atoms with Crippen molar-refractivity contribution in [2.45, 2.75) is 25.4 Å². The number of carbonyl (C=O) groups excluding carboxylic acids is 1.